The molecule has 3 rings (SSSR count). The van der Waals surface area contributed by atoms with Gasteiger partial charge in [0.15, 0.2) is 0 Å². The molecule has 0 atom stereocenters. The molecule has 1 aliphatic rings. The van der Waals surface area contributed by atoms with Crippen LogP contribution in [0.3, 0.4) is 0 Å². The third-order valence-corrected chi connectivity index (χ3v) is 2.25. The second-order valence-electron chi connectivity index (χ2n) is 2.95. The van der Waals surface area contributed by atoms with Crippen LogP contribution in [0, 0.1) is 12.1 Å². The van der Waals surface area contributed by atoms with Crippen molar-refractivity contribution in [1.29, 1.82) is 0 Å². The normalized spacial score (nSPS) is 10.9. The molecule has 2 aromatic rings. The van der Waals surface area contributed by atoms with E-state index in [1.165, 1.54) is 16.5 Å². The van der Waals surface area contributed by atoms with Gasteiger partial charge in [-0.15, -0.1) is 5.56 Å². The predicted octanol–water partition coefficient (Wildman–Crippen LogP) is -3.07. The maximum absolute atomic E-state index is 3.18. The Balaban J connectivity index is 0.000000490. The zero-order valence-electron chi connectivity index (χ0n) is 8.46. The maximum Gasteiger partial charge on any atom is 1.00 e. The van der Waals surface area contributed by atoms with E-state index < -0.39 is 0 Å². The van der Waals surface area contributed by atoms with Gasteiger partial charge in [-0.05, 0) is 0 Å². The van der Waals surface area contributed by atoms with Crippen molar-refractivity contribution in [2.24, 2.45) is 0 Å². The average molecular weight is 164 g/mol. The second kappa shape index (κ2) is 4.44. The van der Waals surface area contributed by atoms with Gasteiger partial charge in [0.1, 0.15) is 0 Å². The fraction of sp³-hybridized carbons (Fsp3) is 0. The topological polar surface area (TPSA) is 0 Å². The van der Waals surface area contributed by atoms with Crippen LogP contribution in [0.15, 0.2) is 24.3 Å². The molecule has 0 unspecified atom stereocenters. The SMILES string of the molecule is [Li+].[Li+].[c-]1ccc2c3c(cc[c-]c13)C=C2. The second-order valence-corrected chi connectivity index (χ2v) is 2.95. The largest absolute Gasteiger partial charge is 1.00 e. The molecule has 0 aliphatic heterocycles. The minimum atomic E-state index is 0. The third kappa shape index (κ3) is 1.60. The number of benzene rings is 2. The molecule has 2 heteroatoms. The van der Waals surface area contributed by atoms with Crippen LogP contribution in [0.4, 0.5) is 0 Å². The monoisotopic (exact) mass is 164 g/mol. The fourth-order valence-corrected chi connectivity index (χ4v) is 1.69. The molecule has 0 saturated carbocycles. The summed E-state index contributed by atoms with van der Waals surface area (Å²) in [6.07, 6.45) is 4.28. The van der Waals surface area contributed by atoms with Crippen LogP contribution < -0.4 is 37.7 Å². The number of hydrogen-bond acceptors (Lipinski definition) is 0. The molecule has 0 radical (unpaired) electrons. The van der Waals surface area contributed by atoms with E-state index in [9.17, 15) is 0 Å². The molecule has 0 N–H and O–H groups in total. The smallest absolute Gasteiger partial charge is 0.285 e. The fourth-order valence-electron chi connectivity index (χ4n) is 1.69. The van der Waals surface area contributed by atoms with Crippen molar-refractivity contribution >= 4 is 22.9 Å². The first-order chi connectivity index (χ1) is 5.95. The van der Waals surface area contributed by atoms with Gasteiger partial charge < -0.3 is 0 Å². The van der Waals surface area contributed by atoms with E-state index in [1.54, 1.807) is 0 Å². The Morgan fingerprint density at radius 2 is 1.29 bits per heavy atom. The molecule has 14 heavy (non-hydrogen) atoms. The molecule has 0 amide bonds. The van der Waals surface area contributed by atoms with Gasteiger partial charge in [0.2, 0.25) is 0 Å². The van der Waals surface area contributed by atoms with Gasteiger partial charge >= 0.3 is 37.7 Å². The molecule has 0 bridgehead atoms. The van der Waals surface area contributed by atoms with Crippen molar-refractivity contribution in [2.45, 2.75) is 0 Å². The standard InChI is InChI=1S/C12H6.2Li/c1-3-9-4-2-6-11-8-7-10(5-1)12(9)11;;/h1-2,5-8H;;/q-2;2*+1. The van der Waals surface area contributed by atoms with Gasteiger partial charge in [-0.2, -0.15) is 17.0 Å². The number of hydrogen-bond donors (Lipinski definition) is 0. The van der Waals surface area contributed by atoms with E-state index in [0.29, 0.717) is 0 Å². The Hall–Kier alpha value is -0.365. The van der Waals surface area contributed by atoms with Crippen LogP contribution in [0.5, 0.6) is 0 Å². The summed E-state index contributed by atoms with van der Waals surface area (Å²) in [5.41, 5.74) is 2.58. The van der Waals surface area contributed by atoms with Crippen LogP contribution >= 0.6 is 0 Å². The maximum atomic E-state index is 3.18. The molecular formula is C12H6Li2. The molecular weight excluding hydrogens is 158 g/mol. The molecule has 0 fully saturated rings. The van der Waals surface area contributed by atoms with E-state index in [4.69, 9.17) is 0 Å². The molecule has 0 heterocycles. The van der Waals surface area contributed by atoms with E-state index in [1.807, 2.05) is 12.1 Å². The minimum absolute atomic E-state index is 0. The van der Waals surface area contributed by atoms with Crippen molar-refractivity contribution in [3.8, 4) is 0 Å². The van der Waals surface area contributed by atoms with E-state index in [-0.39, 0.29) is 37.7 Å². The van der Waals surface area contributed by atoms with E-state index in [2.05, 4.69) is 36.4 Å². The molecule has 1 aliphatic carbocycles. The van der Waals surface area contributed by atoms with Crippen molar-refractivity contribution in [3.05, 3.63) is 47.5 Å². The Kier molecular flexibility index (Phi) is 3.71. The van der Waals surface area contributed by atoms with Gasteiger partial charge in [0.25, 0.3) is 0 Å². The molecule has 0 aromatic heterocycles. The Morgan fingerprint density at radius 1 is 0.786 bits per heavy atom. The van der Waals surface area contributed by atoms with Crippen LogP contribution in [-0.2, 0) is 0 Å². The number of rotatable bonds is 0. The summed E-state index contributed by atoms with van der Waals surface area (Å²) in [6.45, 7) is 0. The van der Waals surface area contributed by atoms with Gasteiger partial charge in [-0.1, -0.05) is 18.2 Å². The molecule has 0 nitrogen and oxygen atoms in total. The first-order valence-corrected chi connectivity index (χ1v) is 3.98. The van der Waals surface area contributed by atoms with Crippen LogP contribution in [0.25, 0.3) is 22.9 Å². The van der Waals surface area contributed by atoms with Gasteiger partial charge in [-0.3, -0.25) is 17.5 Å². The summed E-state index contributed by atoms with van der Waals surface area (Å²) in [5.74, 6) is 0. The zero-order chi connectivity index (χ0) is 7.97. The Labute approximate surface area is 108 Å². The summed E-state index contributed by atoms with van der Waals surface area (Å²) in [5, 5.41) is 2.38. The van der Waals surface area contributed by atoms with Crippen LogP contribution in [-0.4, -0.2) is 0 Å². The van der Waals surface area contributed by atoms with Crippen molar-refractivity contribution in [3.63, 3.8) is 0 Å². The Bertz CT molecular complexity index is 446. The summed E-state index contributed by atoms with van der Waals surface area (Å²) < 4.78 is 0. The summed E-state index contributed by atoms with van der Waals surface area (Å²) in [6, 6.07) is 14.4. The molecule has 2 aromatic carbocycles. The average Bonchev–Trinajstić information content (AvgIpc) is 2.52. The van der Waals surface area contributed by atoms with E-state index in [0.717, 1.165) is 5.39 Å². The zero-order valence-corrected chi connectivity index (χ0v) is 8.46. The van der Waals surface area contributed by atoms with Gasteiger partial charge in [-0.25, -0.2) is 12.1 Å². The van der Waals surface area contributed by atoms with Crippen LogP contribution in [0.1, 0.15) is 11.1 Å². The first kappa shape index (κ1) is 11.7. The molecule has 0 saturated heterocycles. The Morgan fingerprint density at radius 3 is 1.79 bits per heavy atom. The summed E-state index contributed by atoms with van der Waals surface area (Å²) in [4.78, 5) is 0. The molecule has 56 valence electrons. The summed E-state index contributed by atoms with van der Waals surface area (Å²) >= 11 is 0. The molecule has 0 spiro atoms. The van der Waals surface area contributed by atoms with Gasteiger partial charge in [0.05, 0.1) is 0 Å². The quantitative estimate of drug-likeness (QED) is 0.244. The minimum Gasteiger partial charge on any atom is -0.285 e. The predicted molar refractivity (Wildman–Crippen MR) is 50.5 cm³/mol. The summed E-state index contributed by atoms with van der Waals surface area (Å²) in [7, 11) is 0. The van der Waals surface area contributed by atoms with Gasteiger partial charge in [0, 0.05) is 0 Å². The van der Waals surface area contributed by atoms with Crippen molar-refractivity contribution in [2.75, 3.05) is 0 Å². The van der Waals surface area contributed by atoms with Crippen LogP contribution in [0.2, 0.25) is 0 Å². The van der Waals surface area contributed by atoms with Crippen molar-refractivity contribution < 1.29 is 37.7 Å². The first-order valence-electron chi connectivity index (χ1n) is 3.98. The van der Waals surface area contributed by atoms with Crippen molar-refractivity contribution in [1.82, 2.24) is 0 Å². The van der Waals surface area contributed by atoms with E-state index >= 15 is 0 Å². The third-order valence-electron chi connectivity index (χ3n) is 2.25.